The second-order valence-electron chi connectivity index (χ2n) is 7.48. The number of piperidine rings is 1. The second-order valence-corrected chi connectivity index (χ2v) is 8.49. The number of halogens is 3. The van der Waals surface area contributed by atoms with Crippen molar-refractivity contribution < 1.29 is 18.0 Å². The fourth-order valence-electron chi connectivity index (χ4n) is 3.71. The maximum absolute atomic E-state index is 13.7. The van der Waals surface area contributed by atoms with E-state index in [1.165, 1.54) is 5.56 Å². The van der Waals surface area contributed by atoms with E-state index < -0.39 is 17.5 Å². The van der Waals surface area contributed by atoms with Crippen LogP contribution in [0.5, 0.6) is 0 Å². The van der Waals surface area contributed by atoms with E-state index in [1.54, 1.807) is 11.3 Å². The molecule has 2 heterocycles. The summed E-state index contributed by atoms with van der Waals surface area (Å²) in [7, 11) is 0. The van der Waals surface area contributed by atoms with Crippen molar-refractivity contribution in [2.75, 3.05) is 18.0 Å². The lowest BCUT2D eigenvalue weighted by Gasteiger charge is -2.31. The van der Waals surface area contributed by atoms with Gasteiger partial charge in [0.1, 0.15) is 17.5 Å². The van der Waals surface area contributed by atoms with Crippen molar-refractivity contribution in [3.8, 4) is 0 Å². The molecule has 4 nitrogen and oxygen atoms in total. The lowest BCUT2D eigenvalue weighted by Crippen LogP contribution is -2.40. The van der Waals surface area contributed by atoms with Gasteiger partial charge in [-0.25, -0.2) is 18.2 Å². The quantitative estimate of drug-likeness (QED) is 0.628. The normalized spacial score (nSPS) is 15.0. The number of benzene rings is 2. The number of hydrogen-bond acceptors (Lipinski definition) is 4. The number of nitrogens with zero attached hydrogens (tertiary/aromatic N) is 2. The molecule has 2 aromatic carbocycles. The Morgan fingerprint density at radius 1 is 1.17 bits per heavy atom. The van der Waals surface area contributed by atoms with E-state index in [9.17, 15) is 18.0 Å². The first-order valence-corrected chi connectivity index (χ1v) is 10.8. The average Bonchev–Trinajstić information content (AvgIpc) is 3.16. The molecule has 1 aliphatic rings. The van der Waals surface area contributed by atoms with Crippen LogP contribution >= 0.6 is 11.3 Å². The van der Waals surface area contributed by atoms with E-state index in [0.29, 0.717) is 38.1 Å². The van der Waals surface area contributed by atoms with Gasteiger partial charge >= 0.3 is 0 Å². The number of hydrogen-bond donors (Lipinski definition) is 1. The Bertz CT molecular complexity index is 1050. The van der Waals surface area contributed by atoms with Crippen LogP contribution in [0.25, 0.3) is 10.2 Å². The van der Waals surface area contributed by atoms with Gasteiger partial charge < -0.3 is 10.2 Å². The van der Waals surface area contributed by atoms with Gasteiger partial charge in [-0.3, -0.25) is 4.79 Å². The van der Waals surface area contributed by atoms with Crippen LogP contribution in [-0.2, 0) is 17.8 Å². The van der Waals surface area contributed by atoms with Gasteiger partial charge in [0.05, 0.1) is 10.2 Å². The fourth-order valence-corrected chi connectivity index (χ4v) is 4.79. The Hall–Kier alpha value is -2.61. The number of thiazole rings is 1. The molecule has 0 aliphatic carbocycles. The molecule has 1 saturated heterocycles. The van der Waals surface area contributed by atoms with Gasteiger partial charge in [0, 0.05) is 43.2 Å². The molecule has 0 saturated carbocycles. The Kier molecular flexibility index (Phi) is 5.94. The molecule has 0 bridgehead atoms. The van der Waals surface area contributed by atoms with Crippen molar-refractivity contribution in [3.05, 3.63) is 58.9 Å². The summed E-state index contributed by atoms with van der Waals surface area (Å²) < 4.78 is 41.6. The number of aryl methyl sites for hydroxylation is 1. The van der Waals surface area contributed by atoms with Crippen molar-refractivity contribution in [2.45, 2.75) is 32.7 Å². The highest BCUT2D eigenvalue weighted by atomic mass is 32.1. The fraction of sp³-hybridized carbons (Fsp3) is 0.364. The number of anilines is 1. The van der Waals surface area contributed by atoms with Crippen LogP contribution < -0.4 is 10.2 Å². The van der Waals surface area contributed by atoms with Gasteiger partial charge in [0.2, 0.25) is 5.91 Å². The molecule has 1 amide bonds. The first kappa shape index (κ1) is 20.7. The molecular weight excluding hydrogens is 411 g/mol. The van der Waals surface area contributed by atoms with Crippen molar-refractivity contribution in [3.63, 3.8) is 0 Å². The van der Waals surface area contributed by atoms with E-state index in [2.05, 4.69) is 29.3 Å². The van der Waals surface area contributed by atoms with Crippen LogP contribution in [-0.4, -0.2) is 24.0 Å². The zero-order chi connectivity index (χ0) is 21.3. The largest absolute Gasteiger partial charge is 0.352 e. The van der Waals surface area contributed by atoms with Gasteiger partial charge in [-0.2, -0.15) is 0 Å². The van der Waals surface area contributed by atoms with Crippen molar-refractivity contribution in [1.29, 1.82) is 0 Å². The number of aromatic nitrogens is 1. The summed E-state index contributed by atoms with van der Waals surface area (Å²) in [4.78, 5) is 19.3. The lowest BCUT2D eigenvalue weighted by molar-refractivity contribution is -0.125. The van der Waals surface area contributed by atoms with Crippen LogP contribution in [0.3, 0.4) is 0 Å². The minimum Gasteiger partial charge on any atom is -0.352 e. The van der Waals surface area contributed by atoms with Crippen molar-refractivity contribution in [2.24, 2.45) is 5.92 Å². The molecule has 1 aromatic heterocycles. The summed E-state index contributed by atoms with van der Waals surface area (Å²) in [5, 5.41) is 3.54. The van der Waals surface area contributed by atoms with Gasteiger partial charge in [-0.15, -0.1) is 0 Å². The molecular formula is C22H22F3N3OS. The van der Waals surface area contributed by atoms with Crippen molar-refractivity contribution in [1.82, 2.24) is 10.3 Å². The number of nitrogens with one attached hydrogen (secondary N) is 1. The third-order valence-corrected chi connectivity index (χ3v) is 6.61. The molecule has 158 valence electrons. The summed E-state index contributed by atoms with van der Waals surface area (Å²) in [6.45, 7) is 3.21. The van der Waals surface area contributed by atoms with Gasteiger partial charge in [0.15, 0.2) is 5.13 Å². The summed E-state index contributed by atoms with van der Waals surface area (Å²) in [6.07, 6.45) is 2.25. The Labute approximate surface area is 176 Å². The predicted molar refractivity (Wildman–Crippen MR) is 112 cm³/mol. The number of carbonyl (C=O) groups is 1. The summed E-state index contributed by atoms with van der Waals surface area (Å²) in [5.74, 6) is -3.44. The molecule has 1 aliphatic heterocycles. The van der Waals surface area contributed by atoms with Crippen LogP contribution in [0.2, 0.25) is 0 Å². The summed E-state index contributed by atoms with van der Waals surface area (Å²) >= 11 is 1.66. The summed E-state index contributed by atoms with van der Waals surface area (Å²) in [5.41, 5.74) is 1.93. The molecule has 8 heteroatoms. The van der Waals surface area contributed by atoms with E-state index in [-0.39, 0.29) is 23.9 Å². The molecule has 4 rings (SSSR count). The first-order chi connectivity index (χ1) is 14.4. The molecule has 0 radical (unpaired) electrons. The predicted octanol–water partition coefficient (Wildman–Crippen LogP) is 4.81. The highest BCUT2D eigenvalue weighted by molar-refractivity contribution is 7.22. The van der Waals surface area contributed by atoms with E-state index in [0.717, 1.165) is 21.8 Å². The minimum atomic E-state index is -0.996. The smallest absolute Gasteiger partial charge is 0.223 e. The first-order valence-electron chi connectivity index (χ1n) is 10.00. The van der Waals surface area contributed by atoms with E-state index in [4.69, 9.17) is 4.98 Å². The van der Waals surface area contributed by atoms with Gasteiger partial charge in [-0.1, -0.05) is 24.3 Å². The molecule has 1 N–H and O–H groups in total. The average molecular weight is 433 g/mol. The summed E-state index contributed by atoms with van der Waals surface area (Å²) in [6, 6.07) is 7.54. The molecule has 0 spiro atoms. The lowest BCUT2D eigenvalue weighted by atomic mass is 9.96. The monoisotopic (exact) mass is 433 g/mol. The van der Waals surface area contributed by atoms with Crippen LogP contribution in [0, 0.1) is 23.4 Å². The molecule has 0 unspecified atom stereocenters. The number of rotatable bonds is 5. The second kappa shape index (κ2) is 8.63. The molecule has 3 aromatic rings. The third kappa shape index (κ3) is 4.28. The Balaban J connectivity index is 1.34. The molecule has 1 fully saturated rings. The van der Waals surface area contributed by atoms with Crippen LogP contribution in [0.4, 0.5) is 18.3 Å². The SMILES string of the molecule is CCc1ccc2nc(N3CCC(C(=O)NCc4c(F)cc(F)cc4F)CC3)sc2c1. The number of carbonyl (C=O) groups excluding carboxylic acids is 1. The maximum Gasteiger partial charge on any atom is 0.223 e. The van der Waals surface area contributed by atoms with E-state index >= 15 is 0 Å². The van der Waals surface area contributed by atoms with Crippen LogP contribution in [0.15, 0.2) is 30.3 Å². The van der Waals surface area contributed by atoms with Crippen LogP contribution in [0.1, 0.15) is 30.9 Å². The zero-order valence-electron chi connectivity index (χ0n) is 16.6. The minimum absolute atomic E-state index is 0.228. The molecule has 0 atom stereocenters. The highest BCUT2D eigenvalue weighted by Gasteiger charge is 2.27. The van der Waals surface area contributed by atoms with E-state index in [1.807, 2.05) is 6.07 Å². The Morgan fingerprint density at radius 2 is 1.87 bits per heavy atom. The van der Waals surface area contributed by atoms with Gasteiger partial charge in [0.25, 0.3) is 0 Å². The van der Waals surface area contributed by atoms with Crippen molar-refractivity contribution >= 4 is 32.6 Å². The standard InChI is InChI=1S/C22H22F3N3OS/c1-2-13-3-4-19-20(9-13)30-22(27-19)28-7-5-14(6-8-28)21(29)26-12-16-17(24)10-15(23)11-18(16)25/h3-4,9-11,14H,2,5-8,12H2,1H3,(H,26,29). The number of fused-ring (bicyclic) bond motifs is 1. The number of amides is 1. The highest BCUT2D eigenvalue weighted by Crippen LogP contribution is 2.32. The van der Waals surface area contributed by atoms with Gasteiger partial charge in [-0.05, 0) is 37.0 Å². The Morgan fingerprint density at radius 3 is 2.53 bits per heavy atom. The zero-order valence-corrected chi connectivity index (χ0v) is 17.4. The topological polar surface area (TPSA) is 45.2 Å². The third-order valence-electron chi connectivity index (χ3n) is 5.53. The molecule has 30 heavy (non-hydrogen) atoms. The maximum atomic E-state index is 13.7.